The number of pyridine rings is 1. The van der Waals surface area contributed by atoms with Crippen LogP contribution in [-0.4, -0.2) is 44.3 Å². The fourth-order valence-corrected chi connectivity index (χ4v) is 4.31. The van der Waals surface area contributed by atoms with Crippen LogP contribution in [0.2, 0.25) is 0 Å². The van der Waals surface area contributed by atoms with Crippen LogP contribution in [0.4, 0.5) is 5.69 Å². The molecule has 0 bridgehead atoms. The lowest BCUT2D eigenvalue weighted by Gasteiger charge is -2.31. The zero-order valence-corrected chi connectivity index (χ0v) is 19.0. The number of aromatic nitrogens is 3. The number of carbonyl (C=O) groups excluding carboxylic acids is 2. The molecule has 0 aliphatic carbocycles. The molecule has 1 aliphatic heterocycles. The number of nitrogens with two attached hydrogens (primary N) is 1. The molecule has 3 aromatic rings. The Bertz CT molecular complexity index is 1330. The Labute approximate surface area is 195 Å². The Morgan fingerprint density at radius 3 is 2.71 bits per heavy atom. The Hall–Kier alpha value is -3.79. The molecule has 2 amide bonds. The summed E-state index contributed by atoms with van der Waals surface area (Å²) in [6, 6.07) is 8.92. The van der Waals surface area contributed by atoms with Gasteiger partial charge in [-0.25, -0.2) is 9.78 Å². The van der Waals surface area contributed by atoms with Crippen molar-refractivity contribution in [3.63, 3.8) is 0 Å². The van der Waals surface area contributed by atoms with Crippen molar-refractivity contribution in [1.29, 1.82) is 0 Å². The Morgan fingerprint density at radius 2 is 2.00 bits per heavy atom. The third-order valence-electron chi connectivity index (χ3n) is 6.07. The molecule has 0 spiro atoms. The van der Waals surface area contributed by atoms with Crippen LogP contribution in [0.25, 0.3) is 11.0 Å². The molecule has 4 rings (SSSR count). The number of H-pyrrole nitrogens is 1. The highest BCUT2D eigenvalue weighted by atomic mass is 16.2. The monoisotopic (exact) mass is 464 g/mol. The summed E-state index contributed by atoms with van der Waals surface area (Å²) >= 11 is 0. The Morgan fingerprint density at radius 1 is 1.24 bits per heavy atom. The number of fused-ring (bicyclic) bond motifs is 1. The molecule has 1 aromatic carbocycles. The van der Waals surface area contributed by atoms with Gasteiger partial charge in [0, 0.05) is 31.5 Å². The number of rotatable bonds is 7. The van der Waals surface area contributed by atoms with Crippen molar-refractivity contribution in [3.05, 3.63) is 68.5 Å². The molecule has 0 radical (unpaired) electrons. The van der Waals surface area contributed by atoms with Gasteiger partial charge < -0.3 is 11.1 Å². The Balaban J connectivity index is 1.46. The molecule has 10 heteroatoms. The van der Waals surface area contributed by atoms with Gasteiger partial charge in [-0.3, -0.25) is 28.8 Å². The molecule has 2 aromatic heterocycles. The number of piperidine rings is 1. The number of anilines is 1. The summed E-state index contributed by atoms with van der Waals surface area (Å²) in [6.07, 6.45) is 3.84. The van der Waals surface area contributed by atoms with Crippen LogP contribution < -0.4 is 22.3 Å². The molecule has 34 heavy (non-hydrogen) atoms. The molecule has 10 nitrogen and oxygen atoms in total. The average Bonchev–Trinajstić information content (AvgIpc) is 2.83. The number of likely N-dealkylation sites (tertiary alicyclic amines) is 1. The quantitative estimate of drug-likeness (QED) is 0.483. The summed E-state index contributed by atoms with van der Waals surface area (Å²) in [5, 5.41) is 3.00. The second-order valence-corrected chi connectivity index (χ2v) is 8.63. The molecule has 1 atom stereocenters. The topological polar surface area (TPSA) is 143 Å². The fraction of sp³-hybridized carbons (Fsp3) is 0.375. The molecule has 1 saturated heterocycles. The first kappa shape index (κ1) is 23.4. The number of aromatic amines is 1. The molecule has 3 heterocycles. The van der Waals surface area contributed by atoms with Crippen molar-refractivity contribution >= 4 is 28.5 Å². The normalized spacial score (nSPS) is 16.4. The summed E-state index contributed by atoms with van der Waals surface area (Å²) < 4.78 is 1.39. The molecular formula is C24H28N6O4. The second kappa shape index (κ2) is 10.0. The van der Waals surface area contributed by atoms with Crippen molar-refractivity contribution in [2.24, 2.45) is 11.7 Å². The zero-order valence-electron chi connectivity index (χ0n) is 19.0. The number of hydrogen-bond acceptors (Lipinski definition) is 6. The fourth-order valence-electron chi connectivity index (χ4n) is 4.31. The van der Waals surface area contributed by atoms with Crippen molar-refractivity contribution in [1.82, 2.24) is 19.4 Å². The van der Waals surface area contributed by atoms with E-state index >= 15 is 0 Å². The van der Waals surface area contributed by atoms with E-state index in [0.717, 1.165) is 24.9 Å². The summed E-state index contributed by atoms with van der Waals surface area (Å²) in [5.74, 6) is -0.761. The van der Waals surface area contributed by atoms with Crippen LogP contribution in [0, 0.1) is 5.92 Å². The Kier molecular flexibility index (Phi) is 6.87. The number of amides is 2. The first-order valence-corrected chi connectivity index (χ1v) is 11.4. The molecule has 4 N–H and O–H groups in total. The standard InChI is InChI=1S/C24H28N6O4/c1-2-9-30-21-19(23(33)28-24(30)34)11-17(12-26-21)22(32)27-18-7-5-15(6-8-18)13-29-10-3-4-16(14-29)20(25)31/h5-8,11-12,16H,2-4,9-10,13-14H2,1H3,(H2,25,31)(H,27,32)(H,28,33,34). The van der Waals surface area contributed by atoms with Gasteiger partial charge >= 0.3 is 5.69 Å². The maximum Gasteiger partial charge on any atom is 0.329 e. The van der Waals surface area contributed by atoms with Crippen molar-refractivity contribution in [2.75, 3.05) is 18.4 Å². The van der Waals surface area contributed by atoms with E-state index in [1.807, 2.05) is 31.2 Å². The van der Waals surface area contributed by atoms with Crippen molar-refractivity contribution < 1.29 is 9.59 Å². The lowest BCUT2D eigenvalue weighted by molar-refractivity contribution is -0.123. The first-order valence-electron chi connectivity index (χ1n) is 11.4. The number of aryl methyl sites for hydroxylation is 1. The van der Waals surface area contributed by atoms with Crippen LogP contribution in [0.15, 0.2) is 46.1 Å². The van der Waals surface area contributed by atoms with E-state index in [9.17, 15) is 19.2 Å². The minimum absolute atomic E-state index is 0.105. The van der Waals surface area contributed by atoms with Crippen molar-refractivity contribution in [2.45, 2.75) is 39.3 Å². The molecule has 1 unspecified atom stereocenters. The van der Waals surface area contributed by atoms with Crippen LogP contribution >= 0.6 is 0 Å². The number of nitrogens with one attached hydrogen (secondary N) is 2. The van der Waals surface area contributed by atoms with Crippen LogP contribution in [0.5, 0.6) is 0 Å². The van der Waals surface area contributed by atoms with E-state index in [0.29, 0.717) is 31.7 Å². The smallest absolute Gasteiger partial charge is 0.329 e. The van der Waals surface area contributed by atoms with Crippen molar-refractivity contribution in [3.8, 4) is 0 Å². The van der Waals surface area contributed by atoms with E-state index in [2.05, 4.69) is 20.2 Å². The van der Waals surface area contributed by atoms with Gasteiger partial charge in [0.2, 0.25) is 5.91 Å². The summed E-state index contributed by atoms with van der Waals surface area (Å²) in [6.45, 7) is 4.61. The van der Waals surface area contributed by atoms with Gasteiger partial charge in [-0.1, -0.05) is 19.1 Å². The van der Waals surface area contributed by atoms with E-state index in [4.69, 9.17) is 5.73 Å². The maximum atomic E-state index is 12.8. The number of primary amides is 1. The third kappa shape index (κ3) is 5.07. The summed E-state index contributed by atoms with van der Waals surface area (Å²) in [5.41, 5.74) is 6.51. The average molecular weight is 465 g/mol. The number of carbonyl (C=O) groups is 2. The van der Waals surface area contributed by atoms with Crippen LogP contribution in [0.3, 0.4) is 0 Å². The lowest BCUT2D eigenvalue weighted by Crippen LogP contribution is -2.40. The predicted molar refractivity (Wildman–Crippen MR) is 129 cm³/mol. The highest BCUT2D eigenvalue weighted by Gasteiger charge is 2.23. The van der Waals surface area contributed by atoms with Crippen LogP contribution in [0.1, 0.15) is 42.1 Å². The van der Waals surface area contributed by atoms with Gasteiger partial charge in [0.15, 0.2) is 0 Å². The SMILES string of the molecule is CCCn1c(=O)[nH]c(=O)c2cc(C(=O)Nc3ccc(CN4CCCC(C(N)=O)C4)cc3)cnc21. The highest BCUT2D eigenvalue weighted by molar-refractivity contribution is 6.05. The largest absolute Gasteiger partial charge is 0.369 e. The number of benzene rings is 1. The van der Waals surface area contributed by atoms with E-state index in [-0.39, 0.29) is 28.4 Å². The summed E-state index contributed by atoms with van der Waals surface area (Å²) in [7, 11) is 0. The van der Waals surface area contributed by atoms with E-state index < -0.39 is 17.2 Å². The zero-order chi connectivity index (χ0) is 24.2. The molecular weight excluding hydrogens is 436 g/mol. The third-order valence-corrected chi connectivity index (χ3v) is 6.07. The second-order valence-electron chi connectivity index (χ2n) is 8.63. The molecule has 1 fully saturated rings. The molecule has 0 saturated carbocycles. The summed E-state index contributed by atoms with van der Waals surface area (Å²) in [4.78, 5) is 57.3. The lowest BCUT2D eigenvalue weighted by atomic mass is 9.97. The van der Waals surface area contributed by atoms with Gasteiger partial charge in [0.05, 0.1) is 16.9 Å². The van der Waals surface area contributed by atoms with Gasteiger partial charge in [-0.15, -0.1) is 0 Å². The van der Waals surface area contributed by atoms with Gasteiger partial charge in [0.25, 0.3) is 11.5 Å². The first-order chi connectivity index (χ1) is 16.4. The van der Waals surface area contributed by atoms with Gasteiger partial charge in [-0.2, -0.15) is 0 Å². The van der Waals surface area contributed by atoms with Crippen LogP contribution in [-0.2, 0) is 17.9 Å². The number of hydrogen-bond donors (Lipinski definition) is 3. The minimum atomic E-state index is -0.574. The number of nitrogens with zero attached hydrogens (tertiary/aromatic N) is 3. The minimum Gasteiger partial charge on any atom is -0.369 e. The predicted octanol–water partition coefficient (Wildman–Crippen LogP) is 1.44. The van der Waals surface area contributed by atoms with Gasteiger partial charge in [0.1, 0.15) is 5.65 Å². The highest BCUT2D eigenvalue weighted by Crippen LogP contribution is 2.19. The molecule has 1 aliphatic rings. The van der Waals surface area contributed by atoms with Gasteiger partial charge in [-0.05, 0) is 49.6 Å². The van der Waals surface area contributed by atoms with E-state index in [1.54, 1.807) is 0 Å². The van der Waals surface area contributed by atoms with E-state index in [1.165, 1.54) is 16.8 Å². The maximum absolute atomic E-state index is 12.8. The molecule has 178 valence electrons.